The van der Waals surface area contributed by atoms with Gasteiger partial charge in [-0.1, -0.05) is 12.1 Å². The number of methoxy groups -OCH3 is 1. The summed E-state index contributed by atoms with van der Waals surface area (Å²) in [6.45, 7) is 1.77. The van der Waals surface area contributed by atoms with Crippen LogP contribution in [0.15, 0.2) is 24.3 Å². The van der Waals surface area contributed by atoms with E-state index in [1.165, 1.54) is 0 Å². The third-order valence-corrected chi connectivity index (χ3v) is 1.93. The summed E-state index contributed by atoms with van der Waals surface area (Å²) < 4.78 is 5.03. The van der Waals surface area contributed by atoms with Crippen molar-refractivity contribution in [2.45, 2.75) is 19.1 Å². The molecule has 1 aromatic rings. The van der Waals surface area contributed by atoms with Gasteiger partial charge in [0.25, 0.3) is 0 Å². The van der Waals surface area contributed by atoms with Gasteiger partial charge in [0, 0.05) is 6.04 Å². The van der Waals surface area contributed by atoms with Crippen LogP contribution in [0.3, 0.4) is 0 Å². The molecule has 0 saturated heterocycles. The number of hydrogen-bond acceptors (Lipinski definition) is 3. The summed E-state index contributed by atoms with van der Waals surface area (Å²) in [5.41, 5.74) is 6.36. The van der Waals surface area contributed by atoms with Gasteiger partial charge in [-0.05, 0) is 24.6 Å². The number of hydrogen-bond donors (Lipinski definition) is 2. The Morgan fingerprint density at radius 1 is 1.46 bits per heavy atom. The van der Waals surface area contributed by atoms with E-state index in [1.54, 1.807) is 20.1 Å². The van der Waals surface area contributed by atoms with Gasteiger partial charge in [-0.2, -0.15) is 0 Å². The Kier molecular flexibility index (Phi) is 3.28. The second-order valence-electron chi connectivity index (χ2n) is 3.08. The summed E-state index contributed by atoms with van der Waals surface area (Å²) in [5, 5.41) is 9.64. The maximum absolute atomic E-state index is 9.64. The maximum atomic E-state index is 9.64. The minimum Gasteiger partial charge on any atom is -0.497 e. The highest BCUT2D eigenvalue weighted by Crippen LogP contribution is 2.20. The van der Waals surface area contributed by atoms with Crippen LogP contribution in [0.2, 0.25) is 0 Å². The molecule has 0 aliphatic heterocycles. The summed E-state index contributed by atoms with van der Waals surface area (Å²) in [6, 6.07) is 7.01. The molecule has 0 amide bonds. The van der Waals surface area contributed by atoms with Crippen LogP contribution in [-0.2, 0) is 0 Å². The third-order valence-electron chi connectivity index (χ3n) is 1.93. The first-order chi connectivity index (χ1) is 6.15. The smallest absolute Gasteiger partial charge is 0.119 e. The van der Waals surface area contributed by atoms with Crippen molar-refractivity contribution >= 4 is 0 Å². The molecule has 0 aliphatic rings. The lowest BCUT2D eigenvalue weighted by Crippen LogP contribution is -2.24. The van der Waals surface area contributed by atoms with Crippen molar-refractivity contribution in [1.29, 1.82) is 0 Å². The van der Waals surface area contributed by atoms with Crippen LogP contribution in [0.25, 0.3) is 0 Å². The molecule has 0 fully saturated rings. The highest BCUT2D eigenvalue weighted by molar-refractivity contribution is 5.30. The van der Waals surface area contributed by atoms with Crippen molar-refractivity contribution in [3.05, 3.63) is 29.8 Å². The molecule has 72 valence electrons. The Morgan fingerprint density at radius 3 is 2.69 bits per heavy atom. The summed E-state index contributed by atoms with van der Waals surface area (Å²) in [6.07, 6.45) is -0.630. The van der Waals surface area contributed by atoms with E-state index in [4.69, 9.17) is 10.5 Å². The van der Waals surface area contributed by atoms with E-state index in [0.29, 0.717) is 0 Å². The summed E-state index contributed by atoms with van der Waals surface area (Å²) in [4.78, 5) is 0. The van der Waals surface area contributed by atoms with Gasteiger partial charge >= 0.3 is 0 Å². The second-order valence-corrected chi connectivity index (χ2v) is 3.08. The fourth-order valence-corrected chi connectivity index (χ4v) is 1.13. The SMILES string of the molecule is COc1cccc([C@H](O)[C@@H](C)N)c1. The van der Waals surface area contributed by atoms with E-state index >= 15 is 0 Å². The van der Waals surface area contributed by atoms with Gasteiger partial charge in [0.05, 0.1) is 13.2 Å². The maximum Gasteiger partial charge on any atom is 0.119 e. The van der Waals surface area contributed by atoms with E-state index in [-0.39, 0.29) is 6.04 Å². The quantitative estimate of drug-likeness (QED) is 0.733. The van der Waals surface area contributed by atoms with Crippen molar-refractivity contribution in [3.63, 3.8) is 0 Å². The average Bonchev–Trinajstić information content (AvgIpc) is 2.16. The van der Waals surface area contributed by atoms with Gasteiger partial charge in [-0.3, -0.25) is 0 Å². The molecule has 0 spiro atoms. The fraction of sp³-hybridized carbons (Fsp3) is 0.400. The summed E-state index contributed by atoms with van der Waals surface area (Å²) >= 11 is 0. The van der Waals surface area contributed by atoms with E-state index in [2.05, 4.69) is 0 Å². The van der Waals surface area contributed by atoms with Gasteiger partial charge < -0.3 is 15.6 Å². The largest absolute Gasteiger partial charge is 0.497 e. The van der Waals surface area contributed by atoms with Crippen molar-refractivity contribution in [2.24, 2.45) is 5.73 Å². The zero-order valence-electron chi connectivity index (χ0n) is 7.90. The first kappa shape index (κ1) is 10.0. The molecule has 1 rings (SSSR count). The lowest BCUT2D eigenvalue weighted by atomic mass is 10.0. The van der Waals surface area contributed by atoms with Crippen molar-refractivity contribution in [3.8, 4) is 5.75 Å². The zero-order chi connectivity index (χ0) is 9.84. The molecule has 0 unspecified atom stereocenters. The number of nitrogens with two attached hydrogens (primary N) is 1. The first-order valence-electron chi connectivity index (χ1n) is 4.22. The molecule has 3 heteroatoms. The number of aliphatic hydroxyl groups is 1. The Bertz CT molecular complexity index is 273. The van der Waals surface area contributed by atoms with Crippen LogP contribution in [-0.4, -0.2) is 18.3 Å². The van der Waals surface area contributed by atoms with Crippen LogP contribution in [0.4, 0.5) is 0 Å². The average molecular weight is 181 g/mol. The predicted molar refractivity (Wildman–Crippen MR) is 51.6 cm³/mol. The molecule has 0 saturated carbocycles. The Hall–Kier alpha value is -1.06. The van der Waals surface area contributed by atoms with Crippen molar-refractivity contribution in [2.75, 3.05) is 7.11 Å². The minimum atomic E-state index is -0.630. The van der Waals surface area contributed by atoms with Crippen LogP contribution in [0.1, 0.15) is 18.6 Å². The minimum absolute atomic E-state index is 0.271. The van der Waals surface area contributed by atoms with E-state index in [0.717, 1.165) is 11.3 Å². The molecule has 0 bridgehead atoms. The van der Waals surface area contributed by atoms with Gasteiger partial charge in [-0.25, -0.2) is 0 Å². The van der Waals surface area contributed by atoms with Gasteiger partial charge in [0.15, 0.2) is 0 Å². The normalized spacial score (nSPS) is 15.1. The molecule has 1 aromatic carbocycles. The molecule has 13 heavy (non-hydrogen) atoms. The zero-order valence-corrected chi connectivity index (χ0v) is 7.90. The lowest BCUT2D eigenvalue weighted by Gasteiger charge is -2.15. The number of benzene rings is 1. The summed E-state index contributed by atoms with van der Waals surface area (Å²) in [5.74, 6) is 0.734. The van der Waals surface area contributed by atoms with E-state index < -0.39 is 6.10 Å². The Morgan fingerprint density at radius 2 is 2.15 bits per heavy atom. The van der Waals surface area contributed by atoms with Gasteiger partial charge in [0.1, 0.15) is 5.75 Å². The molecule has 0 aliphatic carbocycles. The summed E-state index contributed by atoms with van der Waals surface area (Å²) in [7, 11) is 1.59. The monoisotopic (exact) mass is 181 g/mol. The Labute approximate surface area is 78.1 Å². The fourth-order valence-electron chi connectivity index (χ4n) is 1.13. The molecule has 0 heterocycles. The van der Waals surface area contributed by atoms with Crippen LogP contribution in [0, 0.1) is 0 Å². The molecular weight excluding hydrogens is 166 g/mol. The van der Waals surface area contributed by atoms with Crippen LogP contribution < -0.4 is 10.5 Å². The number of rotatable bonds is 3. The Balaban J connectivity index is 2.88. The second kappa shape index (κ2) is 4.25. The number of aliphatic hydroxyl groups excluding tert-OH is 1. The van der Waals surface area contributed by atoms with Gasteiger partial charge in [0.2, 0.25) is 0 Å². The van der Waals surface area contributed by atoms with Gasteiger partial charge in [-0.15, -0.1) is 0 Å². The molecule has 3 nitrogen and oxygen atoms in total. The standard InChI is InChI=1S/C10H15NO2/c1-7(11)10(12)8-4-3-5-9(6-8)13-2/h3-7,10,12H,11H2,1-2H3/t7-,10-/m1/s1. The molecular formula is C10H15NO2. The van der Waals surface area contributed by atoms with E-state index in [9.17, 15) is 5.11 Å². The number of ether oxygens (including phenoxy) is 1. The molecule has 0 aromatic heterocycles. The van der Waals surface area contributed by atoms with Crippen LogP contribution >= 0.6 is 0 Å². The molecule has 2 atom stereocenters. The predicted octanol–water partition coefficient (Wildman–Crippen LogP) is 1.08. The lowest BCUT2D eigenvalue weighted by molar-refractivity contribution is 0.153. The molecule has 0 radical (unpaired) electrons. The molecule has 3 N–H and O–H groups in total. The highest BCUT2D eigenvalue weighted by atomic mass is 16.5. The third kappa shape index (κ3) is 2.44. The van der Waals surface area contributed by atoms with Crippen molar-refractivity contribution < 1.29 is 9.84 Å². The van der Waals surface area contributed by atoms with Crippen LogP contribution in [0.5, 0.6) is 5.75 Å². The highest BCUT2D eigenvalue weighted by Gasteiger charge is 2.12. The first-order valence-corrected chi connectivity index (χ1v) is 4.22. The van der Waals surface area contributed by atoms with E-state index in [1.807, 2.05) is 18.2 Å². The van der Waals surface area contributed by atoms with Crippen molar-refractivity contribution in [1.82, 2.24) is 0 Å². The topological polar surface area (TPSA) is 55.5 Å².